The van der Waals surface area contributed by atoms with Gasteiger partial charge in [0, 0.05) is 19.2 Å². The number of aliphatic hydroxyl groups is 1. The van der Waals surface area contributed by atoms with E-state index in [0.29, 0.717) is 17.8 Å². The highest BCUT2D eigenvalue weighted by Crippen LogP contribution is 2.29. The van der Waals surface area contributed by atoms with Crippen LogP contribution in [0.4, 0.5) is 13.2 Å². The predicted octanol–water partition coefficient (Wildman–Crippen LogP) is 3.20. The van der Waals surface area contributed by atoms with Gasteiger partial charge in [-0.2, -0.15) is 18.3 Å². The summed E-state index contributed by atoms with van der Waals surface area (Å²) in [7, 11) is 0. The van der Waals surface area contributed by atoms with Gasteiger partial charge in [0.25, 0.3) is 0 Å². The van der Waals surface area contributed by atoms with Gasteiger partial charge in [0.15, 0.2) is 0 Å². The number of aromatic nitrogens is 2. The van der Waals surface area contributed by atoms with Gasteiger partial charge in [0.05, 0.1) is 17.4 Å². The normalized spacial score (nSPS) is 13.4. The zero-order valence-electron chi connectivity index (χ0n) is 10.9. The van der Waals surface area contributed by atoms with Crippen molar-refractivity contribution in [3.63, 3.8) is 0 Å². The Morgan fingerprint density at radius 1 is 1.20 bits per heavy atom. The maximum Gasteiger partial charge on any atom is 0.416 e. The van der Waals surface area contributed by atoms with E-state index in [1.807, 2.05) is 6.92 Å². The number of rotatable bonds is 4. The summed E-state index contributed by atoms with van der Waals surface area (Å²) < 4.78 is 39.0. The van der Waals surface area contributed by atoms with Crippen LogP contribution < -0.4 is 0 Å². The monoisotopic (exact) mass is 284 g/mol. The van der Waals surface area contributed by atoms with Crippen LogP contribution in [0.3, 0.4) is 0 Å². The predicted molar refractivity (Wildman–Crippen MR) is 68.0 cm³/mol. The maximum absolute atomic E-state index is 12.4. The molecule has 0 saturated heterocycles. The third-order valence-electron chi connectivity index (χ3n) is 3.10. The fourth-order valence-corrected chi connectivity index (χ4v) is 2.05. The first-order chi connectivity index (χ1) is 9.41. The second kappa shape index (κ2) is 5.66. The molecule has 3 nitrogen and oxygen atoms in total. The Kier molecular flexibility index (Phi) is 4.13. The number of hydrogen-bond donors (Lipinski definition) is 1. The molecule has 0 amide bonds. The number of benzene rings is 1. The molecular weight excluding hydrogens is 269 g/mol. The van der Waals surface area contributed by atoms with Crippen molar-refractivity contribution < 1.29 is 18.3 Å². The molecule has 0 saturated carbocycles. The smallest absolute Gasteiger partial charge is 0.386 e. The van der Waals surface area contributed by atoms with Crippen molar-refractivity contribution in [2.45, 2.75) is 32.2 Å². The van der Waals surface area contributed by atoms with Crippen LogP contribution in [0.5, 0.6) is 0 Å². The van der Waals surface area contributed by atoms with Gasteiger partial charge in [-0.3, -0.25) is 4.68 Å². The van der Waals surface area contributed by atoms with E-state index in [0.717, 1.165) is 12.1 Å². The van der Waals surface area contributed by atoms with Crippen molar-refractivity contribution in [3.8, 4) is 0 Å². The lowest BCUT2D eigenvalue weighted by atomic mass is 10.0. The van der Waals surface area contributed by atoms with Gasteiger partial charge in [-0.15, -0.1) is 0 Å². The lowest BCUT2D eigenvalue weighted by molar-refractivity contribution is -0.137. The second-order valence-electron chi connectivity index (χ2n) is 4.49. The zero-order valence-corrected chi connectivity index (χ0v) is 10.9. The third-order valence-corrected chi connectivity index (χ3v) is 3.10. The molecule has 1 aromatic heterocycles. The highest BCUT2D eigenvalue weighted by atomic mass is 19.4. The Morgan fingerprint density at radius 3 is 2.40 bits per heavy atom. The van der Waals surface area contributed by atoms with Crippen molar-refractivity contribution in [2.24, 2.45) is 0 Å². The van der Waals surface area contributed by atoms with E-state index in [4.69, 9.17) is 0 Å². The number of hydrogen-bond acceptors (Lipinski definition) is 2. The molecule has 1 atom stereocenters. The van der Waals surface area contributed by atoms with Gasteiger partial charge in [-0.25, -0.2) is 0 Å². The summed E-state index contributed by atoms with van der Waals surface area (Å²) in [5, 5.41) is 14.2. The lowest BCUT2D eigenvalue weighted by Gasteiger charge is -2.13. The second-order valence-corrected chi connectivity index (χ2v) is 4.49. The minimum atomic E-state index is -4.34. The van der Waals surface area contributed by atoms with Crippen LogP contribution in [-0.4, -0.2) is 14.9 Å². The summed E-state index contributed by atoms with van der Waals surface area (Å²) in [4.78, 5) is 0. The van der Waals surface area contributed by atoms with E-state index in [2.05, 4.69) is 5.10 Å². The molecule has 0 aliphatic heterocycles. The molecule has 0 fully saturated rings. The third kappa shape index (κ3) is 3.19. The average molecular weight is 284 g/mol. The molecule has 1 N–H and O–H groups in total. The van der Waals surface area contributed by atoms with Crippen LogP contribution in [0.1, 0.15) is 29.8 Å². The minimum absolute atomic E-state index is 0.254. The summed E-state index contributed by atoms with van der Waals surface area (Å²) in [5.41, 5.74) is 0.621. The van der Waals surface area contributed by atoms with Gasteiger partial charge >= 0.3 is 6.18 Å². The van der Waals surface area contributed by atoms with Crippen LogP contribution in [0.25, 0.3) is 0 Å². The molecular formula is C14H15F3N2O. The molecule has 0 spiro atoms. The van der Waals surface area contributed by atoms with Gasteiger partial charge in [-0.1, -0.05) is 12.1 Å². The fourth-order valence-electron chi connectivity index (χ4n) is 2.05. The van der Waals surface area contributed by atoms with E-state index >= 15 is 0 Å². The van der Waals surface area contributed by atoms with Crippen LogP contribution in [0.2, 0.25) is 0 Å². The molecule has 20 heavy (non-hydrogen) atoms. The van der Waals surface area contributed by atoms with Gasteiger partial charge in [-0.05, 0) is 30.7 Å². The Morgan fingerprint density at radius 2 is 1.85 bits per heavy atom. The molecule has 0 aliphatic carbocycles. The number of nitrogens with zero attached hydrogens (tertiary/aromatic N) is 2. The van der Waals surface area contributed by atoms with Crippen LogP contribution in [-0.2, 0) is 19.1 Å². The van der Waals surface area contributed by atoms with Crippen LogP contribution >= 0.6 is 0 Å². The summed E-state index contributed by atoms with van der Waals surface area (Å²) in [5.74, 6) is 0. The summed E-state index contributed by atoms with van der Waals surface area (Å²) in [6.07, 6.45) is -3.27. The van der Waals surface area contributed by atoms with E-state index < -0.39 is 17.8 Å². The number of alkyl halides is 3. The summed E-state index contributed by atoms with van der Waals surface area (Å²) >= 11 is 0. The van der Waals surface area contributed by atoms with Crippen LogP contribution in [0.15, 0.2) is 36.5 Å². The molecule has 0 bridgehead atoms. The first-order valence-corrected chi connectivity index (χ1v) is 6.27. The van der Waals surface area contributed by atoms with Crippen molar-refractivity contribution in [1.82, 2.24) is 9.78 Å². The van der Waals surface area contributed by atoms with E-state index in [1.165, 1.54) is 12.1 Å². The summed E-state index contributed by atoms with van der Waals surface area (Å²) in [6.45, 7) is 2.54. The molecule has 1 heterocycles. The van der Waals surface area contributed by atoms with Gasteiger partial charge in [0.2, 0.25) is 0 Å². The topological polar surface area (TPSA) is 38.0 Å². The fraction of sp³-hybridized carbons (Fsp3) is 0.357. The number of halogens is 3. The van der Waals surface area contributed by atoms with E-state index in [1.54, 1.807) is 16.9 Å². The van der Waals surface area contributed by atoms with Gasteiger partial charge in [0.1, 0.15) is 0 Å². The standard InChI is InChI=1S/C14H15F3N2O/c1-2-19-12(7-8-18-19)13(20)9-10-3-5-11(6-4-10)14(15,16)17/h3-8,13,20H,2,9H2,1H3. The van der Waals surface area contributed by atoms with Crippen LogP contribution in [0, 0.1) is 0 Å². The SMILES string of the molecule is CCn1nccc1C(O)Cc1ccc(C(F)(F)F)cc1. The largest absolute Gasteiger partial charge is 0.416 e. The number of aliphatic hydroxyl groups excluding tert-OH is 1. The Hall–Kier alpha value is -1.82. The molecule has 1 aromatic carbocycles. The Labute approximate surface area is 114 Å². The highest BCUT2D eigenvalue weighted by Gasteiger charge is 2.30. The van der Waals surface area contributed by atoms with E-state index in [-0.39, 0.29) is 6.42 Å². The van der Waals surface area contributed by atoms with Crippen molar-refractivity contribution in [3.05, 3.63) is 53.3 Å². The van der Waals surface area contributed by atoms with Gasteiger partial charge < -0.3 is 5.11 Å². The minimum Gasteiger partial charge on any atom is -0.386 e. The first kappa shape index (κ1) is 14.6. The highest BCUT2D eigenvalue weighted by molar-refractivity contribution is 5.25. The molecule has 0 radical (unpaired) electrons. The molecule has 108 valence electrons. The van der Waals surface area contributed by atoms with Crippen molar-refractivity contribution in [1.29, 1.82) is 0 Å². The zero-order chi connectivity index (χ0) is 14.8. The summed E-state index contributed by atoms with van der Waals surface area (Å²) in [6, 6.07) is 6.54. The molecule has 1 unspecified atom stereocenters. The van der Waals surface area contributed by atoms with Crippen molar-refractivity contribution in [2.75, 3.05) is 0 Å². The average Bonchev–Trinajstić information content (AvgIpc) is 2.86. The molecule has 2 aromatic rings. The lowest BCUT2D eigenvalue weighted by Crippen LogP contribution is -2.10. The Bertz CT molecular complexity index is 561. The molecule has 6 heteroatoms. The molecule has 0 aliphatic rings. The Balaban J connectivity index is 2.10. The van der Waals surface area contributed by atoms with E-state index in [9.17, 15) is 18.3 Å². The quantitative estimate of drug-likeness (QED) is 0.936. The maximum atomic E-state index is 12.4. The van der Waals surface area contributed by atoms with Crippen molar-refractivity contribution >= 4 is 0 Å². The molecule has 2 rings (SSSR count). The number of aryl methyl sites for hydroxylation is 1. The first-order valence-electron chi connectivity index (χ1n) is 6.27.